The van der Waals surface area contributed by atoms with Gasteiger partial charge in [0.2, 0.25) is 5.76 Å². The summed E-state index contributed by atoms with van der Waals surface area (Å²) in [5.41, 5.74) is -1.76. The fourth-order valence-electron chi connectivity index (χ4n) is 3.61. The number of aryl methyl sites for hydroxylation is 1. The molecule has 0 unspecified atom stereocenters. The van der Waals surface area contributed by atoms with Crippen molar-refractivity contribution < 1.29 is 27.1 Å². The molecule has 2 aromatic carbocycles. The average molecular weight is 534 g/mol. The molecule has 2 N–H and O–H groups in total. The largest absolute Gasteiger partial charge is 0.449 e. The quantitative estimate of drug-likeness (QED) is 0.477. The summed E-state index contributed by atoms with van der Waals surface area (Å²) in [6, 6.07) is 11.1. The van der Waals surface area contributed by atoms with Crippen molar-refractivity contribution in [2.24, 2.45) is 0 Å². The Morgan fingerprint density at radius 3 is 2.65 bits per heavy atom. The number of hydrogen-bond donors (Lipinski definition) is 2. The summed E-state index contributed by atoms with van der Waals surface area (Å²) < 4.78 is 60.9. The number of H-pyrrole nitrogens is 1. The van der Waals surface area contributed by atoms with E-state index in [-0.39, 0.29) is 39.7 Å². The highest BCUT2D eigenvalue weighted by molar-refractivity contribution is 6.30. The van der Waals surface area contributed by atoms with Crippen LogP contribution >= 0.6 is 11.6 Å². The molecule has 1 aliphatic rings. The van der Waals surface area contributed by atoms with Crippen molar-refractivity contribution in [2.45, 2.75) is 19.6 Å². The number of nitrogens with one attached hydrogen (secondary N) is 2. The second-order valence-corrected chi connectivity index (χ2v) is 8.40. The van der Waals surface area contributed by atoms with E-state index in [1.165, 1.54) is 31.2 Å². The molecule has 0 spiro atoms. The minimum absolute atomic E-state index is 0.00512. The number of ether oxygens (including phenoxy) is 1. The van der Waals surface area contributed by atoms with Crippen LogP contribution in [0.2, 0.25) is 5.02 Å². The van der Waals surface area contributed by atoms with Crippen molar-refractivity contribution in [1.29, 1.82) is 5.26 Å². The van der Waals surface area contributed by atoms with Gasteiger partial charge in [-0.3, -0.25) is 9.59 Å². The zero-order valence-corrected chi connectivity index (χ0v) is 19.7. The SMILES string of the molecule is Cc1cccc(-c2cc(CN3CNC(C(F)(F)F)=C(Oc4cc(Cl)cc(C#N)c4)C3=O)n[nH]c2=O)c1F. The van der Waals surface area contributed by atoms with Crippen LogP contribution in [0.1, 0.15) is 16.8 Å². The Balaban J connectivity index is 1.67. The Hall–Kier alpha value is -4.37. The molecule has 0 aliphatic carbocycles. The van der Waals surface area contributed by atoms with Gasteiger partial charge < -0.3 is 15.0 Å². The fraction of sp³-hybridized carbons (Fsp3) is 0.167. The highest BCUT2D eigenvalue weighted by atomic mass is 35.5. The van der Waals surface area contributed by atoms with E-state index >= 15 is 0 Å². The summed E-state index contributed by atoms with van der Waals surface area (Å²) in [6.07, 6.45) is -4.96. The second kappa shape index (κ2) is 9.94. The van der Waals surface area contributed by atoms with Crippen molar-refractivity contribution in [3.8, 4) is 22.9 Å². The Bertz CT molecular complexity index is 1530. The molecular formula is C24H16ClF4N5O3. The molecule has 37 heavy (non-hydrogen) atoms. The fourth-order valence-corrected chi connectivity index (χ4v) is 3.84. The molecule has 0 saturated heterocycles. The van der Waals surface area contributed by atoms with Crippen LogP contribution in [0.25, 0.3) is 11.1 Å². The normalized spacial score (nSPS) is 13.9. The maximum Gasteiger partial charge on any atom is 0.434 e. The van der Waals surface area contributed by atoms with Crippen LogP contribution in [0.3, 0.4) is 0 Å². The molecule has 0 fully saturated rings. The van der Waals surface area contributed by atoms with Crippen molar-refractivity contribution in [1.82, 2.24) is 20.4 Å². The van der Waals surface area contributed by atoms with E-state index in [1.807, 2.05) is 0 Å². The molecule has 1 amide bonds. The van der Waals surface area contributed by atoms with Gasteiger partial charge in [-0.05, 0) is 36.8 Å². The summed E-state index contributed by atoms with van der Waals surface area (Å²) in [7, 11) is 0. The smallest absolute Gasteiger partial charge is 0.434 e. The number of aromatic nitrogens is 2. The minimum atomic E-state index is -4.96. The van der Waals surface area contributed by atoms with Gasteiger partial charge in [0.1, 0.15) is 11.6 Å². The van der Waals surface area contributed by atoms with E-state index in [4.69, 9.17) is 21.6 Å². The summed E-state index contributed by atoms with van der Waals surface area (Å²) in [5, 5.41) is 17.3. The van der Waals surface area contributed by atoms with E-state index < -0.39 is 41.6 Å². The van der Waals surface area contributed by atoms with Gasteiger partial charge >= 0.3 is 6.18 Å². The van der Waals surface area contributed by atoms with Gasteiger partial charge in [-0.25, -0.2) is 9.49 Å². The van der Waals surface area contributed by atoms with Crippen molar-refractivity contribution >= 4 is 17.5 Å². The van der Waals surface area contributed by atoms with E-state index in [1.54, 1.807) is 12.1 Å². The van der Waals surface area contributed by atoms with E-state index in [0.717, 1.165) is 17.0 Å². The van der Waals surface area contributed by atoms with Crippen LogP contribution in [0.5, 0.6) is 5.75 Å². The predicted molar refractivity (Wildman–Crippen MR) is 123 cm³/mol. The lowest BCUT2D eigenvalue weighted by Crippen LogP contribution is -2.49. The van der Waals surface area contributed by atoms with Crippen LogP contribution < -0.4 is 15.6 Å². The molecule has 1 aliphatic heterocycles. The molecule has 2 heterocycles. The van der Waals surface area contributed by atoms with Gasteiger partial charge in [0.15, 0.2) is 5.70 Å². The lowest BCUT2D eigenvalue weighted by Gasteiger charge is -2.31. The third-order valence-corrected chi connectivity index (χ3v) is 5.57. The topological polar surface area (TPSA) is 111 Å². The molecule has 190 valence electrons. The first kappa shape index (κ1) is 25.7. The maximum atomic E-state index is 14.6. The van der Waals surface area contributed by atoms with Gasteiger partial charge in [0.25, 0.3) is 11.5 Å². The third-order valence-electron chi connectivity index (χ3n) is 5.35. The number of benzene rings is 2. The van der Waals surface area contributed by atoms with Crippen LogP contribution in [0.15, 0.2) is 58.7 Å². The number of carbonyl (C=O) groups excluding carboxylic acids is 1. The highest BCUT2D eigenvalue weighted by Crippen LogP contribution is 2.32. The average Bonchev–Trinajstić information content (AvgIpc) is 2.83. The van der Waals surface area contributed by atoms with Crippen LogP contribution in [-0.4, -0.2) is 33.8 Å². The van der Waals surface area contributed by atoms with Gasteiger partial charge in [-0.2, -0.15) is 23.5 Å². The van der Waals surface area contributed by atoms with Crippen molar-refractivity contribution in [3.05, 3.63) is 91.9 Å². The molecule has 4 rings (SSSR count). The molecule has 8 nitrogen and oxygen atoms in total. The summed E-state index contributed by atoms with van der Waals surface area (Å²) in [5.74, 6) is -3.08. The zero-order chi connectivity index (χ0) is 26.9. The Labute approximate surface area is 211 Å². The zero-order valence-electron chi connectivity index (χ0n) is 18.9. The standard InChI is InChI=1S/C24H16ClF4N5O3/c1-12-3-2-4-17(19(12)26)18-8-15(32-33-22(18)35)10-34-11-31-21(24(27,28)29)20(23(34)36)37-16-6-13(9-30)5-14(25)7-16/h2-8,31H,10-11H2,1H3,(H,33,35). The molecule has 0 saturated carbocycles. The monoisotopic (exact) mass is 533 g/mol. The number of amides is 1. The number of hydrogen-bond acceptors (Lipinski definition) is 6. The van der Waals surface area contributed by atoms with Crippen LogP contribution in [0.4, 0.5) is 17.6 Å². The highest BCUT2D eigenvalue weighted by Gasteiger charge is 2.44. The molecule has 1 aromatic heterocycles. The summed E-state index contributed by atoms with van der Waals surface area (Å²) in [6.45, 7) is 0.618. The van der Waals surface area contributed by atoms with Crippen LogP contribution in [0, 0.1) is 24.1 Å². The Kier molecular flexibility index (Phi) is 6.91. The maximum absolute atomic E-state index is 14.6. The van der Waals surface area contributed by atoms with E-state index in [0.29, 0.717) is 5.56 Å². The lowest BCUT2D eigenvalue weighted by atomic mass is 10.0. The lowest BCUT2D eigenvalue weighted by molar-refractivity contribution is -0.137. The first-order valence-electron chi connectivity index (χ1n) is 10.5. The number of rotatable bonds is 5. The molecular weight excluding hydrogens is 518 g/mol. The van der Waals surface area contributed by atoms with Gasteiger partial charge in [0.05, 0.1) is 36.1 Å². The number of alkyl halides is 3. The number of carbonyl (C=O) groups is 1. The molecule has 0 bridgehead atoms. The van der Waals surface area contributed by atoms with E-state index in [9.17, 15) is 27.2 Å². The predicted octanol–water partition coefficient (Wildman–Crippen LogP) is 4.15. The number of allylic oxidation sites excluding steroid dienone is 1. The van der Waals surface area contributed by atoms with Crippen molar-refractivity contribution in [2.75, 3.05) is 6.67 Å². The summed E-state index contributed by atoms with van der Waals surface area (Å²) >= 11 is 5.90. The Morgan fingerprint density at radius 2 is 1.95 bits per heavy atom. The number of nitriles is 1. The molecule has 0 radical (unpaired) electrons. The number of halogens is 5. The molecule has 3 aromatic rings. The Morgan fingerprint density at radius 1 is 1.19 bits per heavy atom. The summed E-state index contributed by atoms with van der Waals surface area (Å²) in [4.78, 5) is 26.4. The third kappa shape index (κ3) is 5.41. The minimum Gasteiger partial charge on any atom is -0.449 e. The van der Waals surface area contributed by atoms with Gasteiger partial charge in [-0.1, -0.05) is 29.8 Å². The first-order valence-corrected chi connectivity index (χ1v) is 10.9. The number of nitrogens with zero attached hydrogens (tertiary/aromatic N) is 3. The van der Waals surface area contributed by atoms with Crippen LogP contribution in [-0.2, 0) is 11.3 Å². The molecule has 0 atom stereocenters. The van der Waals surface area contributed by atoms with Gasteiger partial charge in [0, 0.05) is 10.6 Å². The van der Waals surface area contributed by atoms with E-state index in [2.05, 4.69) is 15.5 Å². The first-order chi connectivity index (χ1) is 17.5. The van der Waals surface area contributed by atoms with Gasteiger partial charge in [-0.15, -0.1) is 0 Å². The second-order valence-electron chi connectivity index (χ2n) is 7.97. The van der Waals surface area contributed by atoms with Crippen molar-refractivity contribution in [3.63, 3.8) is 0 Å². The number of aromatic amines is 1. The molecule has 13 heteroatoms.